The van der Waals surface area contributed by atoms with Crippen molar-refractivity contribution >= 4 is 47.1 Å². The molecule has 1 aromatic heterocycles. The molecule has 35 heavy (non-hydrogen) atoms. The van der Waals surface area contributed by atoms with Gasteiger partial charge in [-0.1, -0.05) is 47.6 Å². The molecule has 0 aliphatic rings. The first-order valence-electron chi connectivity index (χ1n) is 10.2. The standard InChI is InChI=1S/C24H18ClFN6O2S/c25-18-6-9-21(20(11-18)23(34)31-28-12-15-4-7-19(26)8-5-15)30-22(33)17-3-1-2-16(10-17)13-35-24-27-14-29-32-24/h1-12,14H,13H2,(H,30,33)(H,31,34)(H,27,29,32). The van der Waals surface area contributed by atoms with Crippen LogP contribution in [-0.4, -0.2) is 33.2 Å². The van der Waals surface area contributed by atoms with Crippen LogP contribution in [0, 0.1) is 5.82 Å². The first-order valence-corrected chi connectivity index (χ1v) is 11.6. The number of thioether (sulfide) groups is 1. The Bertz CT molecular complexity index is 1360. The number of anilines is 1. The highest BCUT2D eigenvalue weighted by molar-refractivity contribution is 7.98. The van der Waals surface area contributed by atoms with E-state index in [-0.39, 0.29) is 23.0 Å². The van der Waals surface area contributed by atoms with E-state index in [0.29, 0.717) is 27.1 Å². The zero-order valence-electron chi connectivity index (χ0n) is 18.0. The SMILES string of the molecule is O=C(Nc1ccc(Cl)cc1C(=O)NN=Cc1ccc(F)cc1)c1cccc(CSc2ncn[nH]2)c1. The van der Waals surface area contributed by atoms with Crippen LogP contribution in [0.4, 0.5) is 10.1 Å². The molecule has 1 heterocycles. The van der Waals surface area contributed by atoms with Crippen molar-refractivity contribution in [2.75, 3.05) is 5.32 Å². The lowest BCUT2D eigenvalue weighted by Crippen LogP contribution is -2.21. The first-order chi connectivity index (χ1) is 17.0. The molecule has 0 bridgehead atoms. The Labute approximate surface area is 209 Å². The largest absolute Gasteiger partial charge is 0.321 e. The number of nitrogens with one attached hydrogen (secondary N) is 3. The number of aromatic amines is 1. The van der Waals surface area contributed by atoms with Gasteiger partial charge in [0.05, 0.1) is 17.5 Å². The number of hydrazone groups is 1. The third kappa shape index (κ3) is 6.75. The summed E-state index contributed by atoms with van der Waals surface area (Å²) in [5.74, 6) is -0.734. The van der Waals surface area contributed by atoms with Gasteiger partial charge in [-0.3, -0.25) is 14.7 Å². The van der Waals surface area contributed by atoms with Crippen LogP contribution in [0.25, 0.3) is 0 Å². The van der Waals surface area contributed by atoms with Gasteiger partial charge < -0.3 is 5.32 Å². The number of carbonyl (C=O) groups is 2. The van der Waals surface area contributed by atoms with Crippen molar-refractivity contribution in [1.29, 1.82) is 0 Å². The highest BCUT2D eigenvalue weighted by Gasteiger charge is 2.15. The Morgan fingerprint density at radius 1 is 1.09 bits per heavy atom. The van der Waals surface area contributed by atoms with Crippen molar-refractivity contribution in [3.63, 3.8) is 0 Å². The molecule has 8 nitrogen and oxygen atoms in total. The molecule has 3 aromatic carbocycles. The Kier molecular flexibility index (Phi) is 7.86. The molecule has 0 saturated heterocycles. The Morgan fingerprint density at radius 2 is 1.91 bits per heavy atom. The van der Waals surface area contributed by atoms with Gasteiger partial charge in [0.25, 0.3) is 11.8 Å². The average molecular weight is 509 g/mol. The lowest BCUT2D eigenvalue weighted by molar-refractivity contribution is 0.0956. The highest BCUT2D eigenvalue weighted by atomic mass is 35.5. The van der Waals surface area contributed by atoms with Crippen LogP contribution in [0.5, 0.6) is 0 Å². The third-order valence-electron chi connectivity index (χ3n) is 4.68. The molecule has 4 aromatic rings. The topological polar surface area (TPSA) is 112 Å². The molecule has 0 spiro atoms. The van der Waals surface area contributed by atoms with Gasteiger partial charge in [0.15, 0.2) is 5.16 Å². The number of halogens is 2. The fourth-order valence-corrected chi connectivity index (χ4v) is 3.89. The monoisotopic (exact) mass is 508 g/mol. The summed E-state index contributed by atoms with van der Waals surface area (Å²) in [6, 6.07) is 17.3. The number of aromatic nitrogens is 3. The molecular weight excluding hydrogens is 491 g/mol. The van der Waals surface area contributed by atoms with Crippen molar-refractivity contribution in [3.8, 4) is 0 Å². The van der Waals surface area contributed by atoms with Gasteiger partial charge in [-0.15, -0.1) is 0 Å². The molecule has 2 amide bonds. The maximum Gasteiger partial charge on any atom is 0.273 e. The van der Waals surface area contributed by atoms with Crippen molar-refractivity contribution < 1.29 is 14.0 Å². The first kappa shape index (κ1) is 24.1. The minimum Gasteiger partial charge on any atom is -0.321 e. The maximum atomic E-state index is 13.0. The second-order valence-corrected chi connectivity index (χ2v) is 8.57. The van der Waals surface area contributed by atoms with Gasteiger partial charge in [-0.05, 0) is 53.6 Å². The average Bonchev–Trinajstić information content (AvgIpc) is 3.39. The van der Waals surface area contributed by atoms with Crippen molar-refractivity contribution in [3.05, 3.63) is 106 Å². The Balaban J connectivity index is 1.44. The molecule has 0 unspecified atom stereocenters. The summed E-state index contributed by atoms with van der Waals surface area (Å²) in [5, 5.41) is 14.2. The smallest absolute Gasteiger partial charge is 0.273 e. The number of carbonyl (C=O) groups excluding carboxylic acids is 2. The summed E-state index contributed by atoms with van der Waals surface area (Å²) in [6.45, 7) is 0. The van der Waals surface area contributed by atoms with Crippen molar-refractivity contribution in [2.24, 2.45) is 5.10 Å². The molecule has 0 aliphatic heterocycles. The van der Waals surface area contributed by atoms with Gasteiger partial charge in [0.2, 0.25) is 0 Å². The van der Waals surface area contributed by atoms with E-state index < -0.39 is 5.91 Å². The second-order valence-electron chi connectivity index (χ2n) is 7.17. The summed E-state index contributed by atoms with van der Waals surface area (Å²) in [4.78, 5) is 29.7. The molecule has 0 radical (unpaired) electrons. The van der Waals surface area contributed by atoms with Crippen LogP contribution >= 0.6 is 23.4 Å². The highest BCUT2D eigenvalue weighted by Crippen LogP contribution is 2.23. The van der Waals surface area contributed by atoms with Crippen LogP contribution in [0.3, 0.4) is 0 Å². The predicted molar refractivity (Wildman–Crippen MR) is 133 cm³/mol. The number of rotatable bonds is 8. The molecule has 0 saturated carbocycles. The van der Waals surface area contributed by atoms with Gasteiger partial charge >= 0.3 is 0 Å². The lowest BCUT2D eigenvalue weighted by atomic mass is 10.1. The van der Waals surface area contributed by atoms with Crippen molar-refractivity contribution in [1.82, 2.24) is 20.6 Å². The fraction of sp³-hybridized carbons (Fsp3) is 0.0417. The second kappa shape index (κ2) is 11.4. The minimum atomic E-state index is -0.571. The molecule has 3 N–H and O–H groups in total. The van der Waals surface area contributed by atoms with E-state index in [9.17, 15) is 14.0 Å². The molecule has 0 atom stereocenters. The summed E-state index contributed by atoms with van der Waals surface area (Å²) in [5.41, 5.74) is 4.75. The van der Waals surface area contributed by atoms with E-state index in [4.69, 9.17) is 11.6 Å². The summed E-state index contributed by atoms with van der Waals surface area (Å²) < 4.78 is 13.0. The van der Waals surface area contributed by atoms with E-state index in [2.05, 4.69) is 31.0 Å². The zero-order valence-corrected chi connectivity index (χ0v) is 19.6. The summed E-state index contributed by atoms with van der Waals surface area (Å²) in [7, 11) is 0. The minimum absolute atomic E-state index is 0.138. The van der Waals surface area contributed by atoms with Crippen LogP contribution < -0.4 is 10.7 Å². The number of hydrogen-bond donors (Lipinski definition) is 3. The van der Waals surface area contributed by atoms with Gasteiger partial charge in [0, 0.05) is 16.3 Å². The number of amides is 2. The fourth-order valence-electron chi connectivity index (χ4n) is 3.00. The van der Waals surface area contributed by atoms with Gasteiger partial charge in [-0.25, -0.2) is 14.8 Å². The predicted octanol–water partition coefficient (Wildman–Crippen LogP) is 4.91. The summed E-state index contributed by atoms with van der Waals surface area (Å²) in [6.07, 6.45) is 2.81. The third-order valence-corrected chi connectivity index (χ3v) is 5.86. The van der Waals surface area contributed by atoms with E-state index >= 15 is 0 Å². The van der Waals surface area contributed by atoms with Gasteiger partial charge in [-0.2, -0.15) is 10.2 Å². The normalized spacial score (nSPS) is 10.9. The van der Waals surface area contributed by atoms with Crippen LogP contribution in [-0.2, 0) is 5.75 Å². The number of benzene rings is 3. The Hall–Kier alpha value is -4.02. The van der Waals surface area contributed by atoms with Gasteiger partial charge in [0.1, 0.15) is 12.1 Å². The van der Waals surface area contributed by atoms with Crippen LogP contribution in [0.1, 0.15) is 31.8 Å². The molecule has 0 fully saturated rings. The van der Waals surface area contributed by atoms with E-state index in [1.807, 2.05) is 6.07 Å². The van der Waals surface area contributed by atoms with E-state index in [0.717, 1.165) is 5.56 Å². The Morgan fingerprint density at radius 3 is 2.69 bits per heavy atom. The molecule has 176 valence electrons. The van der Waals surface area contributed by atoms with Crippen LogP contribution in [0.2, 0.25) is 5.02 Å². The summed E-state index contributed by atoms with van der Waals surface area (Å²) >= 11 is 7.53. The van der Waals surface area contributed by atoms with Crippen LogP contribution in [0.15, 0.2) is 83.3 Å². The molecule has 0 aliphatic carbocycles. The van der Waals surface area contributed by atoms with E-state index in [1.165, 1.54) is 54.6 Å². The number of nitrogens with zero attached hydrogens (tertiary/aromatic N) is 3. The molecule has 4 rings (SSSR count). The number of hydrogen-bond acceptors (Lipinski definition) is 6. The molecule has 11 heteroatoms. The molecular formula is C24H18ClFN6O2S. The quantitative estimate of drug-likeness (QED) is 0.178. The lowest BCUT2D eigenvalue weighted by Gasteiger charge is -2.11. The number of H-pyrrole nitrogens is 1. The van der Waals surface area contributed by atoms with E-state index in [1.54, 1.807) is 30.3 Å². The zero-order chi connectivity index (χ0) is 24.6. The maximum absolute atomic E-state index is 13.0. The van der Waals surface area contributed by atoms with Crippen molar-refractivity contribution in [2.45, 2.75) is 10.9 Å².